The van der Waals surface area contributed by atoms with Crippen molar-refractivity contribution in [3.05, 3.63) is 114 Å². The molecule has 0 spiro atoms. The molecule has 3 nitrogen and oxygen atoms in total. The van der Waals surface area contributed by atoms with E-state index in [-0.39, 0.29) is 25.5 Å². The fourth-order valence-electron chi connectivity index (χ4n) is 4.88. The van der Waals surface area contributed by atoms with Crippen LogP contribution in [0.4, 0.5) is 0 Å². The summed E-state index contributed by atoms with van der Waals surface area (Å²) in [5.41, 5.74) is 9.49. The van der Waals surface area contributed by atoms with Gasteiger partial charge in [-0.2, -0.15) is 0 Å². The van der Waals surface area contributed by atoms with Crippen molar-refractivity contribution in [3.8, 4) is 22.5 Å². The van der Waals surface area contributed by atoms with Crippen LogP contribution in [0.5, 0.6) is 0 Å². The minimum absolute atomic E-state index is 0. The van der Waals surface area contributed by atoms with Gasteiger partial charge in [-0.3, -0.25) is 0 Å². The standard InChI is InChI=1S/C24H26NOSi.C13H12N.Ir/c1-24(2,3)16-13-14-25-19(15-16)17-11-12-21(27(4,5)6)22-18-9-7-8-10-20(18)26-23(17)22;1-10-3-6-12(7-4-10)13-8-5-11(2)9-14-13;/h7-10,12-15H,1-6H3;3-6,8-9H,1-2H3;/q2*-1;. The van der Waals surface area contributed by atoms with Crippen molar-refractivity contribution in [2.24, 2.45) is 0 Å². The monoisotopic (exact) mass is 747 g/mol. The fourth-order valence-corrected chi connectivity index (χ4v) is 6.38. The van der Waals surface area contributed by atoms with E-state index in [1.54, 1.807) is 0 Å². The number of rotatable bonds is 3. The smallest absolute Gasteiger partial charge is 0.120 e. The van der Waals surface area contributed by atoms with Gasteiger partial charge in [0.2, 0.25) is 0 Å². The normalized spacial score (nSPS) is 11.6. The molecule has 3 aromatic heterocycles. The third kappa shape index (κ3) is 6.81. The van der Waals surface area contributed by atoms with E-state index in [1.807, 2.05) is 49.6 Å². The second-order valence-electron chi connectivity index (χ2n) is 12.8. The number of aryl methyl sites for hydroxylation is 2. The molecule has 0 aliphatic rings. The number of nitrogens with zero attached hydrogens (tertiary/aromatic N) is 2. The Morgan fingerprint density at radius 1 is 0.786 bits per heavy atom. The summed E-state index contributed by atoms with van der Waals surface area (Å²) in [6.07, 6.45) is 3.77. The molecule has 217 valence electrons. The third-order valence-corrected chi connectivity index (χ3v) is 9.31. The van der Waals surface area contributed by atoms with Crippen LogP contribution >= 0.6 is 0 Å². The number of furan rings is 1. The van der Waals surface area contributed by atoms with E-state index in [9.17, 15) is 0 Å². The van der Waals surface area contributed by atoms with Gasteiger partial charge in [0, 0.05) is 46.0 Å². The summed E-state index contributed by atoms with van der Waals surface area (Å²) < 4.78 is 6.35. The Morgan fingerprint density at radius 3 is 2.17 bits per heavy atom. The van der Waals surface area contributed by atoms with Gasteiger partial charge in [0.1, 0.15) is 5.58 Å². The predicted octanol–water partition coefficient (Wildman–Crippen LogP) is 9.45. The summed E-state index contributed by atoms with van der Waals surface area (Å²) in [4.78, 5) is 9.00. The molecule has 3 aromatic carbocycles. The summed E-state index contributed by atoms with van der Waals surface area (Å²) in [5, 5.41) is 3.81. The largest absolute Gasteiger partial charge is 0.501 e. The van der Waals surface area contributed by atoms with E-state index in [2.05, 4.69) is 112 Å². The van der Waals surface area contributed by atoms with Gasteiger partial charge < -0.3 is 14.4 Å². The number of aromatic nitrogens is 2. The van der Waals surface area contributed by atoms with Crippen LogP contribution in [0.25, 0.3) is 44.5 Å². The molecular weight excluding hydrogens is 709 g/mol. The first-order valence-corrected chi connectivity index (χ1v) is 17.7. The zero-order valence-corrected chi connectivity index (χ0v) is 29.1. The van der Waals surface area contributed by atoms with Crippen molar-refractivity contribution in [2.75, 3.05) is 0 Å². The molecule has 0 fully saturated rings. The molecule has 0 saturated heterocycles. The van der Waals surface area contributed by atoms with E-state index in [4.69, 9.17) is 4.42 Å². The SMILES string of the molecule is CC(C)(C)c1ccnc(-c2[c-]cc([Si](C)(C)C)c3c2oc2ccccc23)c1.Cc1c[c-]c(-c2ccc(C)cn2)cc1.[Ir]. The number of para-hydroxylation sites is 1. The average molecular weight is 747 g/mol. The van der Waals surface area contributed by atoms with Gasteiger partial charge in [0.25, 0.3) is 0 Å². The number of hydrogen-bond acceptors (Lipinski definition) is 3. The van der Waals surface area contributed by atoms with Crippen molar-refractivity contribution in [3.63, 3.8) is 0 Å². The minimum atomic E-state index is -1.56. The van der Waals surface area contributed by atoms with E-state index in [0.717, 1.165) is 33.7 Å². The van der Waals surface area contributed by atoms with E-state index >= 15 is 0 Å². The van der Waals surface area contributed by atoms with Crippen LogP contribution in [0.3, 0.4) is 0 Å². The first-order chi connectivity index (χ1) is 19.4. The van der Waals surface area contributed by atoms with Crippen LogP contribution in [-0.2, 0) is 25.5 Å². The molecule has 0 N–H and O–H groups in total. The number of benzene rings is 3. The Hall–Kier alpha value is -3.37. The molecule has 0 saturated carbocycles. The minimum Gasteiger partial charge on any atom is -0.501 e. The molecule has 1 radical (unpaired) electrons. The Bertz CT molecular complexity index is 1770. The van der Waals surface area contributed by atoms with Gasteiger partial charge in [0.05, 0.1) is 5.58 Å². The maximum Gasteiger partial charge on any atom is 0.120 e. The zero-order chi connectivity index (χ0) is 29.4. The van der Waals surface area contributed by atoms with Crippen molar-refractivity contribution in [1.82, 2.24) is 9.97 Å². The van der Waals surface area contributed by atoms with Gasteiger partial charge >= 0.3 is 0 Å². The van der Waals surface area contributed by atoms with Crippen molar-refractivity contribution in [1.29, 1.82) is 0 Å². The van der Waals surface area contributed by atoms with Crippen LogP contribution in [-0.4, -0.2) is 18.0 Å². The van der Waals surface area contributed by atoms with Crippen LogP contribution in [0.15, 0.2) is 89.6 Å². The van der Waals surface area contributed by atoms with Crippen LogP contribution in [0, 0.1) is 26.0 Å². The maximum absolute atomic E-state index is 6.35. The molecule has 0 atom stereocenters. The van der Waals surface area contributed by atoms with E-state index < -0.39 is 8.07 Å². The number of fused-ring (bicyclic) bond motifs is 3. The van der Waals surface area contributed by atoms with Crippen molar-refractivity contribution >= 4 is 35.2 Å². The summed E-state index contributed by atoms with van der Waals surface area (Å²) in [6, 6.07) is 31.7. The molecule has 0 unspecified atom stereocenters. The van der Waals surface area contributed by atoms with Gasteiger partial charge in [0.15, 0.2) is 0 Å². The Morgan fingerprint density at radius 2 is 1.52 bits per heavy atom. The Balaban J connectivity index is 0.000000228. The second-order valence-corrected chi connectivity index (χ2v) is 17.8. The summed E-state index contributed by atoms with van der Waals surface area (Å²) in [6.45, 7) is 17.9. The topological polar surface area (TPSA) is 38.9 Å². The van der Waals surface area contributed by atoms with E-state index in [1.165, 1.54) is 32.6 Å². The van der Waals surface area contributed by atoms with Crippen LogP contribution < -0.4 is 5.19 Å². The molecule has 42 heavy (non-hydrogen) atoms. The Kier molecular flexibility index (Phi) is 9.37. The van der Waals surface area contributed by atoms with E-state index in [0.29, 0.717) is 0 Å². The first kappa shape index (κ1) is 31.6. The zero-order valence-electron chi connectivity index (χ0n) is 25.7. The third-order valence-electron chi connectivity index (χ3n) is 7.30. The predicted molar refractivity (Wildman–Crippen MR) is 175 cm³/mol. The van der Waals surface area contributed by atoms with Crippen LogP contribution in [0.2, 0.25) is 19.6 Å². The molecule has 0 aliphatic heterocycles. The van der Waals surface area contributed by atoms with Crippen LogP contribution in [0.1, 0.15) is 37.5 Å². The summed E-state index contributed by atoms with van der Waals surface area (Å²) >= 11 is 0. The van der Waals surface area contributed by atoms with Crippen molar-refractivity contribution in [2.45, 2.75) is 59.7 Å². The molecule has 0 amide bonds. The number of hydrogen-bond donors (Lipinski definition) is 0. The van der Waals surface area contributed by atoms with Gasteiger partial charge in [-0.25, -0.2) is 0 Å². The molecule has 0 bridgehead atoms. The van der Waals surface area contributed by atoms with Gasteiger partial charge in [-0.15, -0.1) is 52.7 Å². The summed E-state index contributed by atoms with van der Waals surface area (Å²) in [7, 11) is -1.56. The average Bonchev–Trinajstić information content (AvgIpc) is 3.33. The number of pyridine rings is 2. The molecule has 6 rings (SSSR count). The second kappa shape index (κ2) is 12.5. The van der Waals surface area contributed by atoms with Gasteiger partial charge in [-0.1, -0.05) is 94.7 Å². The molecule has 5 heteroatoms. The maximum atomic E-state index is 6.35. The summed E-state index contributed by atoms with van der Waals surface area (Å²) in [5.74, 6) is 0. The quantitative estimate of drug-likeness (QED) is 0.134. The van der Waals surface area contributed by atoms with Gasteiger partial charge in [-0.05, 0) is 47.0 Å². The molecule has 6 aromatic rings. The molecule has 0 aliphatic carbocycles. The first-order valence-electron chi connectivity index (χ1n) is 14.2. The molecule has 3 heterocycles. The fraction of sp³-hybridized carbons (Fsp3) is 0.243. The Labute approximate surface area is 264 Å². The van der Waals surface area contributed by atoms with Crippen molar-refractivity contribution < 1.29 is 24.5 Å². The molecular formula is C37H38IrN2OSi-2.